The van der Waals surface area contributed by atoms with Gasteiger partial charge in [0, 0.05) is 18.1 Å². The minimum absolute atomic E-state index is 0.310. The van der Waals surface area contributed by atoms with Gasteiger partial charge in [-0.2, -0.15) is 0 Å². The van der Waals surface area contributed by atoms with E-state index in [0.717, 1.165) is 34.7 Å². The van der Waals surface area contributed by atoms with Crippen LogP contribution in [0.15, 0.2) is 15.9 Å². The Labute approximate surface area is 96.0 Å². The van der Waals surface area contributed by atoms with Crippen LogP contribution in [0, 0.1) is 5.92 Å². The lowest BCUT2D eigenvalue weighted by Crippen LogP contribution is -2.21. The number of ether oxygens (including phenoxy) is 1. The molecule has 78 valence electrons. The van der Waals surface area contributed by atoms with Crippen LogP contribution in [-0.4, -0.2) is 18.3 Å². The molecule has 0 aromatic carbocycles. The largest absolute Gasteiger partial charge is 0.387 e. The highest BCUT2D eigenvalue weighted by Crippen LogP contribution is 2.35. The number of aliphatic hydroxyl groups excluding tert-OH is 1. The molecule has 1 aliphatic rings. The molecule has 1 fully saturated rings. The molecule has 0 aliphatic carbocycles. The van der Waals surface area contributed by atoms with E-state index in [9.17, 15) is 5.11 Å². The van der Waals surface area contributed by atoms with Crippen molar-refractivity contribution in [3.05, 3.63) is 20.8 Å². The molecule has 0 bridgehead atoms. The molecular weight excluding hydrogens is 264 g/mol. The molecule has 2 rings (SSSR count). The van der Waals surface area contributed by atoms with Crippen molar-refractivity contribution in [2.75, 3.05) is 13.2 Å². The molecule has 4 heteroatoms. The Kier molecular flexibility index (Phi) is 3.60. The normalized spacial score (nSPS) is 21.0. The van der Waals surface area contributed by atoms with E-state index < -0.39 is 0 Å². The standard InChI is InChI=1S/C10H13BrO2S/c11-9-2-1-8(14-9)10(12)7-3-5-13-6-4-7/h1-2,7,10,12H,3-6H2. The molecule has 0 saturated carbocycles. The Bertz CT molecular complexity index is 294. The lowest BCUT2D eigenvalue weighted by atomic mass is 9.93. The number of hydrogen-bond donors (Lipinski definition) is 1. The van der Waals surface area contributed by atoms with Crippen LogP contribution < -0.4 is 0 Å². The molecule has 1 unspecified atom stereocenters. The van der Waals surface area contributed by atoms with E-state index in [1.165, 1.54) is 0 Å². The summed E-state index contributed by atoms with van der Waals surface area (Å²) in [5, 5.41) is 10.1. The Hall–Kier alpha value is 0.1000. The third-order valence-corrected chi connectivity index (χ3v) is 4.29. The Balaban J connectivity index is 2.03. The fourth-order valence-electron chi connectivity index (χ4n) is 1.75. The van der Waals surface area contributed by atoms with Crippen molar-refractivity contribution in [2.24, 2.45) is 5.92 Å². The van der Waals surface area contributed by atoms with Gasteiger partial charge in [0.1, 0.15) is 0 Å². The van der Waals surface area contributed by atoms with Gasteiger partial charge < -0.3 is 9.84 Å². The molecule has 0 spiro atoms. The van der Waals surface area contributed by atoms with E-state index >= 15 is 0 Å². The van der Waals surface area contributed by atoms with Crippen LogP contribution in [0.5, 0.6) is 0 Å². The second kappa shape index (κ2) is 4.75. The second-order valence-corrected chi connectivity index (χ2v) is 6.03. The van der Waals surface area contributed by atoms with Gasteiger partial charge in [-0.1, -0.05) is 0 Å². The maximum Gasteiger partial charge on any atom is 0.0912 e. The number of aliphatic hydroxyl groups is 1. The maximum atomic E-state index is 10.1. The predicted molar refractivity (Wildman–Crippen MR) is 60.5 cm³/mol. The summed E-state index contributed by atoms with van der Waals surface area (Å²) < 4.78 is 6.36. The van der Waals surface area contributed by atoms with Crippen molar-refractivity contribution in [3.63, 3.8) is 0 Å². The lowest BCUT2D eigenvalue weighted by Gasteiger charge is -2.25. The van der Waals surface area contributed by atoms with Crippen molar-refractivity contribution >= 4 is 27.3 Å². The number of rotatable bonds is 2. The van der Waals surface area contributed by atoms with Crippen LogP contribution in [0.25, 0.3) is 0 Å². The molecule has 1 atom stereocenters. The highest BCUT2D eigenvalue weighted by Gasteiger charge is 2.24. The molecule has 1 aromatic rings. The zero-order chi connectivity index (χ0) is 9.97. The maximum absolute atomic E-state index is 10.1. The second-order valence-electron chi connectivity index (χ2n) is 3.54. The van der Waals surface area contributed by atoms with Gasteiger partial charge in [0.2, 0.25) is 0 Å². The zero-order valence-corrected chi connectivity index (χ0v) is 10.2. The molecule has 14 heavy (non-hydrogen) atoms. The van der Waals surface area contributed by atoms with Crippen LogP contribution in [0.2, 0.25) is 0 Å². The first-order valence-electron chi connectivity index (χ1n) is 4.78. The first kappa shape index (κ1) is 10.6. The minimum atomic E-state index is -0.310. The summed E-state index contributed by atoms with van der Waals surface area (Å²) in [5.41, 5.74) is 0. The van der Waals surface area contributed by atoms with Crippen molar-refractivity contribution < 1.29 is 9.84 Å². The third-order valence-electron chi connectivity index (χ3n) is 2.60. The summed E-state index contributed by atoms with van der Waals surface area (Å²) in [6.45, 7) is 1.57. The number of thiophene rings is 1. The predicted octanol–water partition coefficient (Wildman–Crippen LogP) is 2.97. The fraction of sp³-hybridized carbons (Fsp3) is 0.600. The van der Waals surface area contributed by atoms with Crippen molar-refractivity contribution in [2.45, 2.75) is 18.9 Å². The highest BCUT2D eigenvalue weighted by atomic mass is 79.9. The number of hydrogen-bond acceptors (Lipinski definition) is 3. The van der Waals surface area contributed by atoms with Gasteiger partial charge in [-0.3, -0.25) is 0 Å². The van der Waals surface area contributed by atoms with Crippen LogP contribution in [-0.2, 0) is 4.74 Å². The molecule has 0 radical (unpaired) electrons. The van der Waals surface area contributed by atoms with E-state index in [2.05, 4.69) is 15.9 Å². The van der Waals surface area contributed by atoms with Gasteiger partial charge in [-0.05, 0) is 46.8 Å². The number of halogens is 1. The van der Waals surface area contributed by atoms with Gasteiger partial charge in [-0.15, -0.1) is 11.3 Å². The average molecular weight is 277 g/mol. The SMILES string of the molecule is OC(c1ccc(Br)s1)C1CCOCC1. The van der Waals surface area contributed by atoms with Gasteiger partial charge in [-0.25, -0.2) is 0 Å². The Morgan fingerprint density at radius 3 is 2.71 bits per heavy atom. The van der Waals surface area contributed by atoms with Gasteiger partial charge in [0.25, 0.3) is 0 Å². The van der Waals surface area contributed by atoms with E-state index in [-0.39, 0.29) is 6.10 Å². The summed E-state index contributed by atoms with van der Waals surface area (Å²) in [6.07, 6.45) is 1.63. The first-order chi connectivity index (χ1) is 6.77. The van der Waals surface area contributed by atoms with Crippen LogP contribution in [0.4, 0.5) is 0 Å². The van der Waals surface area contributed by atoms with Gasteiger partial charge >= 0.3 is 0 Å². The smallest absolute Gasteiger partial charge is 0.0912 e. The topological polar surface area (TPSA) is 29.5 Å². The summed E-state index contributed by atoms with van der Waals surface area (Å²) in [5.74, 6) is 0.370. The first-order valence-corrected chi connectivity index (χ1v) is 6.39. The van der Waals surface area contributed by atoms with Crippen LogP contribution in [0.1, 0.15) is 23.8 Å². The van der Waals surface area contributed by atoms with E-state index in [0.29, 0.717) is 5.92 Å². The van der Waals surface area contributed by atoms with Crippen LogP contribution in [0.3, 0.4) is 0 Å². The summed E-state index contributed by atoms with van der Waals surface area (Å²) in [6, 6.07) is 3.98. The zero-order valence-electron chi connectivity index (χ0n) is 7.78. The molecule has 1 N–H and O–H groups in total. The minimum Gasteiger partial charge on any atom is -0.387 e. The van der Waals surface area contributed by atoms with Gasteiger partial charge in [0.05, 0.1) is 9.89 Å². The van der Waals surface area contributed by atoms with Gasteiger partial charge in [0.15, 0.2) is 0 Å². The molecule has 2 heterocycles. The average Bonchev–Trinajstić information content (AvgIpc) is 2.65. The summed E-state index contributed by atoms with van der Waals surface area (Å²) >= 11 is 5.02. The molecule has 0 amide bonds. The monoisotopic (exact) mass is 276 g/mol. The molecule has 1 saturated heterocycles. The molecule has 1 aromatic heterocycles. The quantitative estimate of drug-likeness (QED) is 0.900. The Morgan fingerprint density at radius 1 is 1.43 bits per heavy atom. The fourth-order valence-corrected chi connectivity index (χ4v) is 3.25. The lowest BCUT2D eigenvalue weighted by molar-refractivity contribution is 0.00854. The third kappa shape index (κ3) is 2.37. The van der Waals surface area contributed by atoms with Crippen LogP contribution >= 0.6 is 27.3 Å². The van der Waals surface area contributed by atoms with E-state index in [4.69, 9.17) is 4.74 Å². The molecular formula is C10H13BrO2S. The summed E-state index contributed by atoms with van der Waals surface area (Å²) in [4.78, 5) is 1.06. The van der Waals surface area contributed by atoms with E-state index in [1.807, 2.05) is 12.1 Å². The molecule has 2 nitrogen and oxygen atoms in total. The summed E-state index contributed by atoms with van der Waals surface area (Å²) in [7, 11) is 0. The van der Waals surface area contributed by atoms with E-state index in [1.54, 1.807) is 11.3 Å². The van der Waals surface area contributed by atoms with Crippen molar-refractivity contribution in [1.29, 1.82) is 0 Å². The Morgan fingerprint density at radius 2 is 2.14 bits per heavy atom. The van der Waals surface area contributed by atoms with Crippen molar-refractivity contribution in [1.82, 2.24) is 0 Å². The molecule has 1 aliphatic heterocycles. The highest BCUT2D eigenvalue weighted by molar-refractivity contribution is 9.11. The van der Waals surface area contributed by atoms with Crippen molar-refractivity contribution in [3.8, 4) is 0 Å².